The van der Waals surface area contributed by atoms with Crippen LogP contribution in [0.15, 0.2) is 66.7 Å². The first-order valence-electron chi connectivity index (χ1n) is 8.52. The van der Waals surface area contributed by atoms with Gasteiger partial charge < -0.3 is 4.74 Å². The van der Waals surface area contributed by atoms with Gasteiger partial charge in [-0.25, -0.2) is 4.98 Å². The molecule has 1 aromatic heterocycles. The molecule has 0 unspecified atom stereocenters. The molecule has 0 spiro atoms. The minimum Gasteiger partial charge on any atom is -0.496 e. The van der Waals surface area contributed by atoms with Crippen LogP contribution >= 0.6 is 11.3 Å². The summed E-state index contributed by atoms with van der Waals surface area (Å²) in [6.07, 6.45) is 4.18. The van der Waals surface area contributed by atoms with Gasteiger partial charge >= 0.3 is 0 Å². The molecule has 0 atom stereocenters. The van der Waals surface area contributed by atoms with Crippen LogP contribution in [0.1, 0.15) is 16.7 Å². The monoisotopic (exact) mass is 357 g/mol. The maximum Gasteiger partial charge on any atom is 0.126 e. The van der Waals surface area contributed by atoms with Crippen molar-refractivity contribution in [1.82, 2.24) is 4.98 Å². The summed E-state index contributed by atoms with van der Waals surface area (Å²) in [7, 11) is 1.70. The molecule has 0 saturated carbocycles. The molecule has 0 aliphatic carbocycles. The molecule has 128 valence electrons. The number of para-hydroxylation sites is 1. The smallest absolute Gasteiger partial charge is 0.126 e. The van der Waals surface area contributed by atoms with E-state index in [4.69, 9.17) is 9.72 Å². The summed E-state index contributed by atoms with van der Waals surface area (Å²) >= 11 is 1.74. The van der Waals surface area contributed by atoms with Crippen molar-refractivity contribution in [1.29, 1.82) is 0 Å². The van der Waals surface area contributed by atoms with Crippen LogP contribution in [-0.4, -0.2) is 12.1 Å². The summed E-state index contributed by atoms with van der Waals surface area (Å²) in [5.41, 5.74) is 5.70. The van der Waals surface area contributed by atoms with Gasteiger partial charge in [0.25, 0.3) is 0 Å². The Bertz CT molecular complexity index is 1080. The van der Waals surface area contributed by atoms with E-state index in [0.29, 0.717) is 0 Å². The van der Waals surface area contributed by atoms with Crippen LogP contribution in [0.4, 0.5) is 0 Å². The molecule has 0 aliphatic heterocycles. The fraction of sp³-hybridized carbons (Fsp3) is 0.0870. The molecule has 3 heteroatoms. The molecule has 0 saturated heterocycles. The first kappa shape index (κ1) is 16.6. The Morgan fingerprint density at radius 2 is 1.73 bits per heavy atom. The summed E-state index contributed by atoms with van der Waals surface area (Å²) in [5.74, 6) is 0.880. The molecule has 26 heavy (non-hydrogen) atoms. The van der Waals surface area contributed by atoms with E-state index in [9.17, 15) is 0 Å². The lowest BCUT2D eigenvalue weighted by atomic mass is 10.1. The Labute approximate surface area is 157 Å². The van der Waals surface area contributed by atoms with Crippen LogP contribution in [0.25, 0.3) is 32.9 Å². The highest BCUT2D eigenvalue weighted by molar-refractivity contribution is 7.21. The molecule has 4 aromatic rings. The summed E-state index contributed by atoms with van der Waals surface area (Å²) in [6, 6.07) is 22.9. The van der Waals surface area contributed by atoms with Crippen molar-refractivity contribution in [2.24, 2.45) is 0 Å². The number of aromatic nitrogens is 1. The van der Waals surface area contributed by atoms with E-state index in [1.54, 1.807) is 18.4 Å². The topological polar surface area (TPSA) is 22.1 Å². The van der Waals surface area contributed by atoms with Crippen LogP contribution in [0.2, 0.25) is 0 Å². The van der Waals surface area contributed by atoms with E-state index in [1.807, 2.05) is 24.3 Å². The second-order valence-electron chi connectivity index (χ2n) is 6.19. The van der Waals surface area contributed by atoms with Gasteiger partial charge in [0.2, 0.25) is 0 Å². The molecule has 3 aromatic carbocycles. The van der Waals surface area contributed by atoms with Crippen molar-refractivity contribution in [3.8, 4) is 16.3 Å². The maximum absolute atomic E-state index is 5.39. The van der Waals surface area contributed by atoms with E-state index < -0.39 is 0 Å². The van der Waals surface area contributed by atoms with Gasteiger partial charge in [-0.1, -0.05) is 60.7 Å². The molecular formula is C23H19NOS. The SMILES string of the molecule is COc1ccccc1C=Cc1ccc(-c2nc3ccc(C)cc3s2)cc1. The zero-order valence-electron chi connectivity index (χ0n) is 14.8. The van der Waals surface area contributed by atoms with Crippen molar-refractivity contribution >= 4 is 33.7 Å². The molecule has 4 rings (SSSR count). The van der Waals surface area contributed by atoms with Crippen molar-refractivity contribution < 1.29 is 4.74 Å². The summed E-state index contributed by atoms with van der Waals surface area (Å²) in [5, 5.41) is 1.06. The first-order valence-corrected chi connectivity index (χ1v) is 9.33. The lowest BCUT2D eigenvalue weighted by Crippen LogP contribution is -1.85. The predicted molar refractivity (Wildman–Crippen MR) is 112 cm³/mol. The maximum atomic E-state index is 5.39. The van der Waals surface area contributed by atoms with Gasteiger partial charge in [0.15, 0.2) is 0 Å². The number of fused-ring (bicyclic) bond motifs is 1. The van der Waals surface area contributed by atoms with E-state index in [-0.39, 0.29) is 0 Å². The van der Waals surface area contributed by atoms with Crippen molar-refractivity contribution in [3.05, 3.63) is 83.4 Å². The van der Waals surface area contributed by atoms with Gasteiger partial charge in [0.1, 0.15) is 10.8 Å². The van der Waals surface area contributed by atoms with E-state index >= 15 is 0 Å². The van der Waals surface area contributed by atoms with Crippen LogP contribution in [-0.2, 0) is 0 Å². The molecule has 0 bridgehead atoms. The summed E-state index contributed by atoms with van der Waals surface area (Å²) in [6.45, 7) is 2.11. The zero-order chi connectivity index (χ0) is 17.9. The molecule has 2 nitrogen and oxygen atoms in total. The van der Waals surface area contributed by atoms with Gasteiger partial charge in [-0.15, -0.1) is 11.3 Å². The highest BCUT2D eigenvalue weighted by Gasteiger charge is 2.06. The number of thiazole rings is 1. The molecular weight excluding hydrogens is 338 g/mol. The fourth-order valence-corrected chi connectivity index (χ4v) is 3.95. The number of hydrogen-bond donors (Lipinski definition) is 0. The molecule has 0 radical (unpaired) electrons. The first-order chi connectivity index (χ1) is 12.7. The third-order valence-corrected chi connectivity index (χ3v) is 5.36. The quantitative estimate of drug-likeness (QED) is 0.392. The summed E-state index contributed by atoms with van der Waals surface area (Å²) < 4.78 is 6.63. The average Bonchev–Trinajstić information content (AvgIpc) is 3.10. The van der Waals surface area contributed by atoms with Crippen LogP contribution < -0.4 is 4.74 Å². The number of methoxy groups -OCH3 is 1. The highest BCUT2D eigenvalue weighted by Crippen LogP contribution is 2.31. The number of aryl methyl sites for hydroxylation is 1. The van der Waals surface area contributed by atoms with E-state index in [0.717, 1.165) is 33.0 Å². The Morgan fingerprint density at radius 3 is 2.54 bits per heavy atom. The Hall–Kier alpha value is -2.91. The average molecular weight is 357 g/mol. The van der Waals surface area contributed by atoms with E-state index in [1.165, 1.54) is 10.3 Å². The fourth-order valence-electron chi connectivity index (χ4n) is 2.88. The third-order valence-electron chi connectivity index (χ3n) is 4.30. The standard InChI is InChI=1S/C23H19NOS/c1-16-7-14-20-22(15-16)26-23(24-20)19-12-9-17(10-13-19)8-11-18-5-3-4-6-21(18)25-2/h3-15H,1-2H3. The molecule has 1 heterocycles. The largest absolute Gasteiger partial charge is 0.496 e. The minimum atomic E-state index is 0.880. The second-order valence-corrected chi connectivity index (χ2v) is 7.22. The lowest BCUT2D eigenvalue weighted by Gasteiger charge is -2.03. The number of ether oxygens (including phenoxy) is 1. The normalized spacial score (nSPS) is 11.3. The van der Waals surface area contributed by atoms with Gasteiger partial charge in [-0.05, 0) is 36.2 Å². The molecule has 0 amide bonds. The number of hydrogen-bond acceptors (Lipinski definition) is 3. The Kier molecular flexibility index (Phi) is 4.55. The second kappa shape index (κ2) is 7.14. The lowest BCUT2D eigenvalue weighted by molar-refractivity contribution is 0.414. The van der Waals surface area contributed by atoms with Gasteiger partial charge in [-0.2, -0.15) is 0 Å². The number of nitrogens with zero attached hydrogens (tertiary/aromatic N) is 1. The minimum absolute atomic E-state index is 0.880. The highest BCUT2D eigenvalue weighted by atomic mass is 32.1. The molecule has 0 fully saturated rings. The summed E-state index contributed by atoms with van der Waals surface area (Å²) in [4.78, 5) is 4.75. The van der Waals surface area contributed by atoms with E-state index in [2.05, 4.69) is 61.5 Å². The van der Waals surface area contributed by atoms with Gasteiger partial charge in [0, 0.05) is 11.1 Å². The third kappa shape index (κ3) is 3.39. The zero-order valence-corrected chi connectivity index (χ0v) is 15.6. The van der Waals surface area contributed by atoms with Crippen molar-refractivity contribution in [2.75, 3.05) is 7.11 Å². The van der Waals surface area contributed by atoms with Crippen LogP contribution in [0.3, 0.4) is 0 Å². The Morgan fingerprint density at radius 1 is 0.923 bits per heavy atom. The van der Waals surface area contributed by atoms with Gasteiger partial charge in [-0.3, -0.25) is 0 Å². The van der Waals surface area contributed by atoms with Crippen molar-refractivity contribution in [3.63, 3.8) is 0 Å². The van der Waals surface area contributed by atoms with Gasteiger partial charge in [0.05, 0.1) is 17.3 Å². The van der Waals surface area contributed by atoms with Crippen LogP contribution in [0.5, 0.6) is 5.75 Å². The van der Waals surface area contributed by atoms with Crippen molar-refractivity contribution in [2.45, 2.75) is 6.92 Å². The number of rotatable bonds is 4. The molecule has 0 aliphatic rings. The van der Waals surface area contributed by atoms with Crippen LogP contribution in [0, 0.1) is 6.92 Å². The Balaban J connectivity index is 1.59. The predicted octanol–water partition coefficient (Wildman–Crippen LogP) is 6.45. The number of benzene rings is 3. The molecule has 0 N–H and O–H groups in total.